The van der Waals surface area contributed by atoms with Crippen molar-refractivity contribution in [3.63, 3.8) is 0 Å². The molecule has 0 unspecified atom stereocenters. The zero-order chi connectivity index (χ0) is 10.8. The molecule has 0 saturated heterocycles. The van der Waals surface area contributed by atoms with Crippen LogP contribution in [0.15, 0.2) is 18.6 Å². The number of imidazole rings is 1. The number of hydrogen-bond donors (Lipinski definition) is 1. The lowest BCUT2D eigenvalue weighted by Crippen LogP contribution is -2.18. The van der Waals surface area contributed by atoms with Crippen LogP contribution < -0.4 is 10.6 Å². The van der Waals surface area contributed by atoms with E-state index in [2.05, 4.69) is 9.97 Å². The number of nitrogen functional groups attached to an aromatic ring is 1. The van der Waals surface area contributed by atoms with Crippen LogP contribution in [0, 0.1) is 0 Å². The number of nitrogens with zero attached hydrogens (tertiary/aromatic N) is 4. The molecular formula is C9H13N5S. The Hall–Kier alpha value is -1.56. The molecule has 2 N–H and O–H groups in total. The highest BCUT2D eigenvalue weighted by molar-refractivity contribution is 7.19. The molecule has 0 bridgehead atoms. The van der Waals surface area contributed by atoms with Crippen LogP contribution in [0.1, 0.15) is 5.82 Å². The van der Waals surface area contributed by atoms with Gasteiger partial charge in [-0.15, -0.1) is 0 Å². The van der Waals surface area contributed by atoms with Crippen molar-refractivity contribution in [1.82, 2.24) is 14.5 Å². The highest BCUT2D eigenvalue weighted by Crippen LogP contribution is 2.23. The maximum absolute atomic E-state index is 5.63. The number of anilines is 2. The number of aryl methyl sites for hydroxylation is 1. The number of hydrogen-bond acceptors (Lipinski definition) is 5. The molecule has 6 heteroatoms. The molecule has 2 aromatic rings. The summed E-state index contributed by atoms with van der Waals surface area (Å²) in [4.78, 5) is 10.5. The van der Waals surface area contributed by atoms with Gasteiger partial charge >= 0.3 is 0 Å². The standard InChI is InChI=1S/C9H13N5S/c1-13-4-3-11-8(13)6-14(2)9-12-5-7(10)15-9/h3-5H,6,10H2,1-2H3. The topological polar surface area (TPSA) is 60.0 Å². The molecule has 0 atom stereocenters. The third-order valence-electron chi connectivity index (χ3n) is 2.14. The van der Waals surface area contributed by atoms with E-state index in [0.29, 0.717) is 0 Å². The molecule has 15 heavy (non-hydrogen) atoms. The Balaban J connectivity index is 2.10. The first kappa shape index (κ1) is 9.97. The Bertz CT molecular complexity index is 447. The summed E-state index contributed by atoms with van der Waals surface area (Å²) in [6.45, 7) is 0.733. The summed E-state index contributed by atoms with van der Waals surface area (Å²) < 4.78 is 1.99. The monoisotopic (exact) mass is 223 g/mol. The quantitative estimate of drug-likeness (QED) is 0.846. The number of thiazole rings is 1. The molecular weight excluding hydrogens is 210 g/mol. The van der Waals surface area contributed by atoms with Crippen molar-refractivity contribution in [2.45, 2.75) is 6.54 Å². The van der Waals surface area contributed by atoms with E-state index in [4.69, 9.17) is 5.73 Å². The van der Waals surface area contributed by atoms with Crippen LogP contribution in [0.5, 0.6) is 0 Å². The Labute approximate surface area is 92.2 Å². The van der Waals surface area contributed by atoms with Gasteiger partial charge in [-0.1, -0.05) is 11.3 Å². The predicted molar refractivity (Wildman–Crippen MR) is 61.8 cm³/mol. The van der Waals surface area contributed by atoms with E-state index < -0.39 is 0 Å². The fraction of sp³-hybridized carbons (Fsp3) is 0.333. The largest absolute Gasteiger partial charge is 0.389 e. The molecule has 2 heterocycles. The van der Waals surface area contributed by atoms with E-state index in [-0.39, 0.29) is 0 Å². The summed E-state index contributed by atoms with van der Waals surface area (Å²) in [7, 11) is 3.96. The van der Waals surface area contributed by atoms with Crippen molar-refractivity contribution < 1.29 is 0 Å². The highest BCUT2D eigenvalue weighted by atomic mass is 32.1. The van der Waals surface area contributed by atoms with Crippen molar-refractivity contribution >= 4 is 21.5 Å². The van der Waals surface area contributed by atoms with Crippen LogP contribution in [0.25, 0.3) is 0 Å². The summed E-state index contributed by atoms with van der Waals surface area (Å²) in [6, 6.07) is 0. The van der Waals surface area contributed by atoms with E-state index in [0.717, 1.165) is 22.5 Å². The highest BCUT2D eigenvalue weighted by Gasteiger charge is 2.08. The second kappa shape index (κ2) is 3.90. The first-order valence-corrected chi connectivity index (χ1v) is 5.37. The third kappa shape index (κ3) is 2.10. The van der Waals surface area contributed by atoms with Gasteiger partial charge in [0.25, 0.3) is 0 Å². The van der Waals surface area contributed by atoms with E-state index in [9.17, 15) is 0 Å². The molecule has 2 rings (SSSR count). The Morgan fingerprint density at radius 1 is 1.53 bits per heavy atom. The summed E-state index contributed by atoms with van der Waals surface area (Å²) in [6.07, 6.45) is 5.40. The van der Waals surface area contributed by atoms with Gasteiger partial charge in [-0.25, -0.2) is 9.97 Å². The van der Waals surface area contributed by atoms with E-state index in [1.54, 1.807) is 12.4 Å². The van der Waals surface area contributed by atoms with Gasteiger partial charge in [0, 0.05) is 26.5 Å². The van der Waals surface area contributed by atoms with Crippen LogP contribution >= 0.6 is 11.3 Å². The average molecular weight is 223 g/mol. The molecule has 5 nitrogen and oxygen atoms in total. The molecule has 0 aliphatic carbocycles. The van der Waals surface area contributed by atoms with Crippen LogP contribution in [0.2, 0.25) is 0 Å². The summed E-state index contributed by atoms with van der Waals surface area (Å²) in [5, 5.41) is 1.65. The molecule has 0 spiro atoms. The molecule has 0 fully saturated rings. The summed E-state index contributed by atoms with van der Waals surface area (Å²) in [5.74, 6) is 1.01. The van der Waals surface area contributed by atoms with Gasteiger partial charge in [0.2, 0.25) is 0 Å². The smallest absolute Gasteiger partial charge is 0.187 e. The van der Waals surface area contributed by atoms with Gasteiger partial charge in [-0.2, -0.15) is 0 Å². The molecule has 2 aromatic heterocycles. The number of rotatable bonds is 3. The minimum atomic E-state index is 0.733. The Kier molecular flexibility index (Phi) is 2.59. The van der Waals surface area contributed by atoms with E-state index >= 15 is 0 Å². The Morgan fingerprint density at radius 3 is 2.87 bits per heavy atom. The molecule has 0 amide bonds. The molecule has 80 valence electrons. The van der Waals surface area contributed by atoms with Crippen molar-refractivity contribution in [3.05, 3.63) is 24.4 Å². The van der Waals surface area contributed by atoms with Gasteiger partial charge in [0.05, 0.1) is 12.7 Å². The second-order valence-corrected chi connectivity index (χ2v) is 4.40. The maximum Gasteiger partial charge on any atom is 0.187 e. The fourth-order valence-corrected chi connectivity index (χ4v) is 1.92. The summed E-state index contributed by atoms with van der Waals surface area (Å²) >= 11 is 1.48. The van der Waals surface area contributed by atoms with Gasteiger partial charge in [0.15, 0.2) is 5.13 Å². The van der Waals surface area contributed by atoms with Crippen LogP contribution in [-0.2, 0) is 13.6 Å². The molecule has 0 saturated carbocycles. The molecule has 0 aliphatic rings. The van der Waals surface area contributed by atoms with Crippen molar-refractivity contribution in [3.8, 4) is 0 Å². The van der Waals surface area contributed by atoms with Gasteiger partial charge < -0.3 is 15.2 Å². The van der Waals surface area contributed by atoms with Crippen molar-refractivity contribution in [2.24, 2.45) is 7.05 Å². The number of nitrogens with two attached hydrogens (primary N) is 1. The Morgan fingerprint density at radius 2 is 2.33 bits per heavy atom. The zero-order valence-electron chi connectivity index (χ0n) is 8.71. The van der Waals surface area contributed by atoms with Gasteiger partial charge in [-0.05, 0) is 0 Å². The number of aromatic nitrogens is 3. The minimum absolute atomic E-state index is 0.733. The zero-order valence-corrected chi connectivity index (χ0v) is 9.53. The summed E-state index contributed by atoms with van der Waals surface area (Å²) in [5.41, 5.74) is 5.63. The average Bonchev–Trinajstić information content (AvgIpc) is 2.77. The fourth-order valence-electron chi connectivity index (χ4n) is 1.28. The maximum atomic E-state index is 5.63. The minimum Gasteiger partial charge on any atom is -0.389 e. The first-order chi connectivity index (χ1) is 7.16. The van der Waals surface area contributed by atoms with Crippen LogP contribution in [0.4, 0.5) is 10.1 Å². The van der Waals surface area contributed by atoms with Crippen molar-refractivity contribution in [1.29, 1.82) is 0 Å². The van der Waals surface area contributed by atoms with E-state index in [1.807, 2.05) is 29.8 Å². The molecule has 0 aromatic carbocycles. The lowest BCUT2D eigenvalue weighted by atomic mass is 10.5. The van der Waals surface area contributed by atoms with E-state index in [1.165, 1.54) is 11.3 Å². The lowest BCUT2D eigenvalue weighted by molar-refractivity contribution is 0.760. The van der Waals surface area contributed by atoms with Crippen LogP contribution in [0.3, 0.4) is 0 Å². The third-order valence-corrected chi connectivity index (χ3v) is 3.08. The predicted octanol–water partition coefficient (Wildman–Crippen LogP) is 1.10. The van der Waals surface area contributed by atoms with Gasteiger partial charge in [-0.3, -0.25) is 0 Å². The van der Waals surface area contributed by atoms with Crippen LogP contribution in [-0.4, -0.2) is 21.6 Å². The first-order valence-electron chi connectivity index (χ1n) is 4.55. The molecule has 0 radical (unpaired) electrons. The normalized spacial score (nSPS) is 10.5. The SMILES string of the molecule is CN(Cc1nccn1C)c1ncc(N)s1. The molecule has 0 aliphatic heterocycles. The second-order valence-electron chi connectivity index (χ2n) is 3.36. The van der Waals surface area contributed by atoms with Crippen molar-refractivity contribution in [2.75, 3.05) is 17.7 Å². The lowest BCUT2D eigenvalue weighted by Gasteiger charge is -2.14. The van der Waals surface area contributed by atoms with Gasteiger partial charge in [0.1, 0.15) is 10.8 Å².